The Bertz CT molecular complexity index is 1110. The molecule has 1 aliphatic carbocycles. The van der Waals surface area contributed by atoms with Gasteiger partial charge in [-0.05, 0) is 66.1 Å². The van der Waals surface area contributed by atoms with E-state index >= 15 is 0 Å². The van der Waals surface area contributed by atoms with E-state index in [0.717, 1.165) is 53.8 Å². The summed E-state index contributed by atoms with van der Waals surface area (Å²) >= 11 is 0. The fourth-order valence-electron chi connectivity index (χ4n) is 5.66. The van der Waals surface area contributed by atoms with Gasteiger partial charge in [-0.2, -0.15) is 0 Å². The van der Waals surface area contributed by atoms with Crippen LogP contribution in [0.3, 0.4) is 0 Å². The Kier molecular flexibility index (Phi) is 5.61. The minimum absolute atomic E-state index is 0.0213. The highest BCUT2D eigenvalue weighted by Crippen LogP contribution is 2.30. The van der Waals surface area contributed by atoms with Crippen LogP contribution >= 0.6 is 0 Å². The van der Waals surface area contributed by atoms with Crippen LogP contribution in [0.1, 0.15) is 80.9 Å². The third kappa shape index (κ3) is 4.03. The molecular weight excluding hydrogens is 388 g/mol. The van der Waals surface area contributed by atoms with Gasteiger partial charge in [-0.3, -0.25) is 4.79 Å². The number of tetrazole rings is 1. The summed E-state index contributed by atoms with van der Waals surface area (Å²) in [6, 6.07) is 8.50. The molecule has 3 heterocycles. The summed E-state index contributed by atoms with van der Waals surface area (Å²) in [6.45, 7) is 6.44. The fraction of sp³-hybridized carbons (Fsp3) is 0.583. The lowest BCUT2D eigenvalue weighted by Crippen LogP contribution is -3.14. The standard InChI is InChI=1S/C24H32N6O/c1-16-10-11-18-14-20(24(31)25-21(18)13-16)22(29-12-6-7-17(2)15-29)23-26-27-28-30(23)19-8-4-3-5-9-19/h10-11,13-14,17,19,22H,3-9,12,15H2,1-2H3,(H,25,31)/p+1/t17-,22-/m0/s1. The Morgan fingerprint density at radius 3 is 2.77 bits per heavy atom. The number of likely N-dealkylation sites (tertiary alicyclic amines) is 1. The monoisotopic (exact) mass is 421 g/mol. The summed E-state index contributed by atoms with van der Waals surface area (Å²) in [6.07, 6.45) is 8.37. The van der Waals surface area contributed by atoms with Crippen molar-refractivity contribution in [2.75, 3.05) is 13.1 Å². The second-order valence-electron chi connectivity index (χ2n) is 9.71. The van der Waals surface area contributed by atoms with Gasteiger partial charge in [0.1, 0.15) is 0 Å². The number of pyridine rings is 1. The van der Waals surface area contributed by atoms with Crippen LogP contribution in [0.5, 0.6) is 0 Å². The molecule has 3 aromatic rings. The Balaban J connectivity index is 1.63. The average molecular weight is 422 g/mol. The van der Waals surface area contributed by atoms with E-state index in [4.69, 9.17) is 0 Å². The summed E-state index contributed by atoms with van der Waals surface area (Å²) in [7, 11) is 0. The number of quaternary nitrogens is 1. The molecule has 31 heavy (non-hydrogen) atoms. The molecule has 3 atom stereocenters. The number of benzene rings is 1. The van der Waals surface area contributed by atoms with Crippen molar-refractivity contribution in [3.63, 3.8) is 0 Å². The van der Waals surface area contributed by atoms with Gasteiger partial charge in [0.2, 0.25) is 5.82 Å². The number of hydrogen-bond donors (Lipinski definition) is 2. The van der Waals surface area contributed by atoms with Crippen molar-refractivity contribution in [2.24, 2.45) is 5.92 Å². The van der Waals surface area contributed by atoms with E-state index < -0.39 is 0 Å². The van der Waals surface area contributed by atoms with Gasteiger partial charge in [-0.15, -0.1) is 5.10 Å². The summed E-state index contributed by atoms with van der Waals surface area (Å²) < 4.78 is 2.05. The summed E-state index contributed by atoms with van der Waals surface area (Å²) in [4.78, 5) is 17.9. The maximum absolute atomic E-state index is 13.3. The molecule has 2 N–H and O–H groups in total. The largest absolute Gasteiger partial charge is 0.322 e. The minimum Gasteiger partial charge on any atom is -0.322 e. The van der Waals surface area contributed by atoms with Crippen LogP contribution < -0.4 is 10.5 Å². The number of nitrogens with one attached hydrogen (secondary N) is 2. The number of rotatable bonds is 4. The first-order valence-corrected chi connectivity index (χ1v) is 11.9. The molecule has 164 valence electrons. The van der Waals surface area contributed by atoms with Gasteiger partial charge < -0.3 is 9.88 Å². The van der Waals surface area contributed by atoms with E-state index in [1.54, 1.807) is 0 Å². The van der Waals surface area contributed by atoms with Crippen molar-refractivity contribution in [3.8, 4) is 0 Å². The maximum atomic E-state index is 13.3. The van der Waals surface area contributed by atoms with E-state index in [0.29, 0.717) is 12.0 Å². The normalized spacial score (nSPS) is 23.8. The number of hydrogen-bond acceptors (Lipinski definition) is 4. The first-order chi connectivity index (χ1) is 15.1. The third-order valence-electron chi connectivity index (χ3n) is 7.25. The van der Waals surface area contributed by atoms with E-state index in [1.165, 1.54) is 37.0 Å². The molecule has 1 unspecified atom stereocenters. The Morgan fingerprint density at radius 1 is 1.13 bits per heavy atom. The zero-order valence-electron chi connectivity index (χ0n) is 18.6. The van der Waals surface area contributed by atoms with Crippen LogP contribution in [-0.2, 0) is 0 Å². The van der Waals surface area contributed by atoms with Gasteiger partial charge in [-0.1, -0.05) is 38.3 Å². The van der Waals surface area contributed by atoms with E-state index in [-0.39, 0.29) is 11.6 Å². The van der Waals surface area contributed by atoms with Crippen LogP contribution in [0.15, 0.2) is 29.1 Å². The van der Waals surface area contributed by atoms with Crippen LogP contribution in [0.2, 0.25) is 0 Å². The second kappa shape index (κ2) is 8.54. The predicted molar refractivity (Wildman–Crippen MR) is 120 cm³/mol. The molecule has 1 saturated carbocycles. The average Bonchev–Trinajstić information content (AvgIpc) is 3.24. The second-order valence-corrected chi connectivity index (χ2v) is 9.71. The highest BCUT2D eigenvalue weighted by molar-refractivity contribution is 5.79. The molecule has 2 aromatic heterocycles. The zero-order valence-corrected chi connectivity index (χ0v) is 18.6. The highest BCUT2D eigenvalue weighted by atomic mass is 16.1. The van der Waals surface area contributed by atoms with Crippen molar-refractivity contribution in [3.05, 3.63) is 51.6 Å². The molecule has 7 nitrogen and oxygen atoms in total. The van der Waals surface area contributed by atoms with Gasteiger partial charge in [0.25, 0.3) is 5.56 Å². The van der Waals surface area contributed by atoms with Gasteiger partial charge in [0.15, 0.2) is 6.04 Å². The van der Waals surface area contributed by atoms with E-state index in [9.17, 15) is 4.79 Å². The fourth-order valence-corrected chi connectivity index (χ4v) is 5.66. The molecule has 1 aromatic carbocycles. The minimum atomic E-state index is -0.144. The Morgan fingerprint density at radius 2 is 1.97 bits per heavy atom. The molecule has 2 fully saturated rings. The van der Waals surface area contributed by atoms with Gasteiger partial charge >= 0.3 is 0 Å². The van der Waals surface area contributed by atoms with Crippen LogP contribution in [0, 0.1) is 12.8 Å². The molecule has 5 rings (SSSR count). The van der Waals surface area contributed by atoms with E-state index in [2.05, 4.69) is 50.3 Å². The number of aromatic nitrogens is 5. The number of H-pyrrole nitrogens is 1. The number of fused-ring (bicyclic) bond motifs is 1. The van der Waals surface area contributed by atoms with Crippen molar-refractivity contribution in [1.82, 2.24) is 25.2 Å². The lowest BCUT2D eigenvalue weighted by atomic mass is 9.93. The molecule has 0 amide bonds. The quantitative estimate of drug-likeness (QED) is 0.679. The molecule has 1 aliphatic heterocycles. The van der Waals surface area contributed by atoms with Gasteiger partial charge in [0.05, 0.1) is 24.7 Å². The molecule has 0 bridgehead atoms. The molecule has 0 radical (unpaired) electrons. The smallest absolute Gasteiger partial charge is 0.258 e. The summed E-state index contributed by atoms with van der Waals surface area (Å²) in [5.41, 5.74) is 2.80. The predicted octanol–water partition coefficient (Wildman–Crippen LogP) is 2.73. The van der Waals surface area contributed by atoms with Gasteiger partial charge in [0, 0.05) is 11.4 Å². The SMILES string of the molecule is Cc1ccc2cc([C@@H](c3nnnn3C3CCCCC3)[NH+]3CCC[C@H](C)C3)c(=O)[nH]c2c1. The molecule has 0 spiro atoms. The Labute approximate surface area is 182 Å². The zero-order chi connectivity index (χ0) is 21.4. The third-order valence-corrected chi connectivity index (χ3v) is 7.25. The van der Waals surface area contributed by atoms with Crippen LogP contribution in [-0.4, -0.2) is 38.3 Å². The van der Waals surface area contributed by atoms with Gasteiger partial charge in [-0.25, -0.2) is 4.68 Å². The molecule has 2 aliphatic rings. The topological polar surface area (TPSA) is 80.9 Å². The maximum Gasteiger partial charge on any atom is 0.258 e. The first-order valence-electron chi connectivity index (χ1n) is 11.9. The Hall–Kier alpha value is -2.54. The van der Waals surface area contributed by atoms with Crippen molar-refractivity contribution in [1.29, 1.82) is 0 Å². The number of aryl methyl sites for hydroxylation is 1. The molecule has 1 saturated heterocycles. The van der Waals surface area contributed by atoms with Crippen LogP contribution in [0.4, 0.5) is 0 Å². The lowest BCUT2D eigenvalue weighted by Gasteiger charge is -2.34. The summed E-state index contributed by atoms with van der Waals surface area (Å²) in [5, 5.41) is 14.1. The van der Waals surface area contributed by atoms with Crippen LogP contribution in [0.25, 0.3) is 10.9 Å². The van der Waals surface area contributed by atoms with Crippen molar-refractivity contribution >= 4 is 10.9 Å². The van der Waals surface area contributed by atoms with E-state index in [1.807, 2.05) is 13.0 Å². The number of nitrogens with zero attached hydrogens (tertiary/aromatic N) is 4. The molecule has 7 heteroatoms. The first kappa shape index (κ1) is 20.4. The lowest BCUT2D eigenvalue weighted by molar-refractivity contribution is -0.934. The number of piperidine rings is 1. The summed E-state index contributed by atoms with van der Waals surface area (Å²) in [5.74, 6) is 1.49. The number of aromatic amines is 1. The van der Waals surface area contributed by atoms with Crippen molar-refractivity contribution < 1.29 is 4.90 Å². The highest BCUT2D eigenvalue weighted by Gasteiger charge is 2.37. The molecular formula is C24H33N6O+. The van der Waals surface area contributed by atoms with Crippen molar-refractivity contribution in [2.45, 2.75) is 70.9 Å².